The smallest absolute Gasteiger partial charge is 0.164 e. The summed E-state index contributed by atoms with van der Waals surface area (Å²) in [5.74, 6) is 1.84. The topological polar surface area (TPSA) is 40.5 Å². The van der Waals surface area contributed by atoms with Crippen LogP contribution in [0.4, 0.5) is 0 Å². The molecule has 4 heteroatoms. The lowest BCUT2D eigenvalue weighted by Gasteiger charge is -2.16. The maximum Gasteiger partial charge on any atom is 0.164 e. The van der Waals surface area contributed by atoms with Gasteiger partial charge < -0.3 is 14.0 Å². The molecule has 0 atom stereocenters. The van der Waals surface area contributed by atoms with Crippen molar-refractivity contribution in [3.63, 3.8) is 0 Å². The number of nitrogens with zero attached hydrogens (tertiary/aromatic N) is 1. The minimum atomic E-state index is 0.261. The van der Waals surface area contributed by atoms with Crippen LogP contribution in [0.15, 0.2) is 30.5 Å². The molecule has 0 amide bonds. The maximum absolute atomic E-state index is 11.9. The van der Waals surface area contributed by atoms with Crippen LogP contribution in [-0.4, -0.2) is 24.6 Å². The van der Waals surface area contributed by atoms with E-state index in [-0.39, 0.29) is 5.78 Å². The number of carbonyl (C=O) groups excluding carboxylic acids is 1. The molecule has 1 aromatic heterocycles. The molecule has 0 unspecified atom stereocenters. The van der Waals surface area contributed by atoms with Crippen LogP contribution in [0.25, 0.3) is 0 Å². The van der Waals surface area contributed by atoms with E-state index in [0.717, 1.165) is 41.2 Å². The first-order valence-corrected chi connectivity index (χ1v) is 7.15. The second-order valence-electron chi connectivity index (χ2n) is 5.26. The van der Waals surface area contributed by atoms with Crippen LogP contribution in [0.2, 0.25) is 0 Å². The summed E-state index contributed by atoms with van der Waals surface area (Å²) in [6.45, 7) is 0.704. The number of carbonyl (C=O) groups is 1. The summed E-state index contributed by atoms with van der Waals surface area (Å²) in [5, 5.41) is 0. The predicted octanol–water partition coefficient (Wildman–Crippen LogP) is 3.07. The average molecular weight is 285 g/mol. The number of ether oxygens (including phenoxy) is 2. The molecule has 0 radical (unpaired) electrons. The molecule has 1 aliphatic rings. The molecule has 0 N–H and O–H groups in total. The van der Waals surface area contributed by atoms with Crippen molar-refractivity contribution in [3.8, 4) is 11.5 Å². The van der Waals surface area contributed by atoms with Gasteiger partial charge in [0.2, 0.25) is 0 Å². The molecule has 1 aliphatic carbocycles. The van der Waals surface area contributed by atoms with E-state index >= 15 is 0 Å². The molecular formula is C17H19NO3. The monoisotopic (exact) mass is 285 g/mol. The fourth-order valence-electron chi connectivity index (χ4n) is 2.90. The molecule has 2 aromatic rings. The Morgan fingerprint density at radius 1 is 1.14 bits per heavy atom. The largest absolute Gasteiger partial charge is 0.497 e. The molecule has 110 valence electrons. The molecule has 21 heavy (non-hydrogen) atoms. The van der Waals surface area contributed by atoms with E-state index in [1.54, 1.807) is 14.2 Å². The summed E-state index contributed by atoms with van der Waals surface area (Å²) < 4.78 is 12.8. The van der Waals surface area contributed by atoms with Crippen molar-refractivity contribution in [1.29, 1.82) is 0 Å². The zero-order valence-corrected chi connectivity index (χ0v) is 12.4. The highest BCUT2D eigenvalue weighted by Crippen LogP contribution is 2.28. The number of aromatic nitrogens is 1. The number of hydrogen-bond donors (Lipinski definition) is 0. The van der Waals surface area contributed by atoms with Crippen LogP contribution in [0, 0.1) is 0 Å². The SMILES string of the molecule is COc1ccc(Cn2ccc3c2CCCC3=O)c(OC)c1. The molecule has 0 saturated heterocycles. The molecule has 1 heterocycles. The Labute approximate surface area is 124 Å². The van der Waals surface area contributed by atoms with Gasteiger partial charge in [-0.05, 0) is 31.0 Å². The van der Waals surface area contributed by atoms with E-state index in [0.29, 0.717) is 13.0 Å². The van der Waals surface area contributed by atoms with Gasteiger partial charge in [0.1, 0.15) is 11.5 Å². The molecule has 0 fully saturated rings. The van der Waals surface area contributed by atoms with Crippen molar-refractivity contribution in [1.82, 2.24) is 4.57 Å². The lowest BCUT2D eigenvalue weighted by Crippen LogP contribution is -2.13. The standard InChI is InChI=1S/C17H19NO3/c1-20-13-7-6-12(17(10-13)21-2)11-18-9-8-14-15(18)4-3-5-16(14)19/h6-10H,3-5,11H2,1-2H3. The van der Waals surface area contributed by atoms with E-state index < -0.39 is 0 Å². The molecule has 1 aromatic carbocycles. The number of methoxy groups -OCH3 is 2. The third kappa shape index (κ3) is 2.53. The second kappa shape index (κ2) is 5.64. The molecule has 0 bridgehead atoms. The first-order valence-electron chi connectivity index (χ1n) is 7.15. The Kier molecular flexibility index (Phi) is 3.69. The van der Waals surface area contributed by atoms with E-state index in [1.807, 2.05) is 30.5 Å². The first kappa shape index (κ1) is 13.7. The lowest BCUT2D eigenvalue weighted by atomic mass is 9.97. The van der Waals surface area contributed by atoms with Crippen molar-refractivity contribution >= 4 is 5.78 Å². The van der Waals surface area contributed by atoms with Gasteiger partial charge in [-0.25, -0.2) is 0 Å². The Bertz CT molecular complexity index is 673. The van der Waals surface area contributed by atoms with Crippen molar-refractivity contribution in [2.24, 2.45) is 0 Å². The van der Waals surface area contributed by atoms with Crippen LogP contribution < -0.4 is 9.47 Å². The number of fused-ring (bicyclic) bond motifs is 1. The summed E-state index contributed by atoms with van der Waals surface area (Å²) >= 11 is 0. The molecular weight excluding hydrogens is 266 g/mol. The summed E-state index contributed by atoms with van der Waals surface area (Å²) in [6.07, 6.45) is 4.57. The van der Waals surface area contributed by atoms with Gasteiger partial charge in [0, 0.05) is 35.5 Å². The van der Waals surface area contributed by atoms with Crippen molar-refractivity contribution in [2.45, 2.75) is 25.8 Å². The van der Waals surface area contributed by atoms with Gasteiger partial charge in [0.15, 0.2) is 5.78 Å². The zero-order chi connectivity index (χ0) is 14.8. The predicted molar refractivity (Wildman–Crippen MR) is 80.3 cm³/mol. The van der Waals surface area contributed by atoms with Gasteiger partial charge in [-0.1, -0.05) is 0 Å². The fourth-order valence-corrected chi connectivity index (χ4v) is 2.90. The normalized spacial score (nSPS) is 13.9. The minimum absolute atomic E-state index is 0.261. The van der Waals surface area contributed by atoms with Crippen molar-refractivity contribution in [2.75, 3.05) is 14.2 Å². The Morgan fingerprint density at radius 3 is 2.76 bits per heavy atom. The number of ketones is 1. The Hall–Kier alpha value is -2.23. The second-order valence-corrected chi connectivity index (χ2v) is 5.26. The number of benzene rings is 1. The van der Waals surface area contributed by atoms with Crippen molar-refractivity contribution in [3.05, 3.63) is 47.3 Å². The number of rotatable bonds is 4. The highest BCUT2D eigenvalue weighted by Gasteiger charge is 2.20. The van der Waals surface area contributed by atoms with E-state index in [1.165, 1.54) is 0 Å². The van der Waals surface area contributed by atoms with Crippen LogP contribution in [0.1, 0.15) is 34.5 Å². The van der Waals surface area contributed by atoms with Crippen molar-refractivity contribution < 1.29 is 14.3 Å². The Balaban J connectivity index is 1.92. The van der Waals surface area contributed by atoms with Crippen LogP contribution >= 0.6 is 0 Å². The maximum atomic E-state index is 11.9. The average Bonchev–Trinajstić information content (AvgIpc) is 2.92. The van der Waals surface area contributed by atoms with Gasteiger partial charge in [-0.15, -0.1) is 0 Å². The van der Waals surface area contributed by atoms with E-state index in [9.17, 15) is 4.79 Å². The number of Topliss-reactive ketones (excluding diaryl/α,β-unsaturated/α-hetero) is 1. The van der Waals surface area contributed by atoms with Gasteiger partial charge in [-0.2, -0.15) is 0 Å². The minimum Gasteiger partial charge on any atom is -0.497 e. The molecule has 3 rings (SSSR count). The first-order chi connectivity index (χ1) is 10.2. The summed E-state index contributed by atoms with van der Waals surface area (Å²) in [5.41, 5.74) is 3.10. The highest BCUT2D eigenvalue weighted by atomic mass is 16.5. The summed E-state index contributed by atoms with van der Waals surface area (Å²) in [7, 11) is 3.30. The summed E-state index contributed by atoms with van der Waals surface area (Å²) in [6, 6.07) is 7.76. The molecule has 0 spiro atoms. The van der Waals surface area contributed by atoms with Crippen LogP contribution in [0.3, 0.4) is 0 Å². The zero-order valence-electron chi connectivity index (χ0n) is 12.4. The summed E-state index contributed by atoms with van der Waals surface area (Å²) in [4.78, 5) is 11.9. The molecule has 0 saturated carbocycles. The highest BCUT2D eigenvalue weighted by molar-refractivity contribution is 5.98. The van der Waals surface area contributed by atoms with Gasteiger partial charge in [0.25, 0.3) is 0 Å². The van der Waals surface area contributed by atoms with Gasteiger partial charge in [0.05, 0.1) is 20.8 Å². The molecule has 0 aliphatic heterocycles. The Morgan fingerprint density at radius 2 is 2.00 bits per heavy atom. The fraction of sp³-hybridized carbons (Fsp3) is 0.353. The lowest BCUT2D eigenvalue weighted by molar-refractivity contribution is 0.0972. The van der Waals surface area contributed by atoms with E-state index in [2.05, 4.69) is 4.57 Å². The van der Waals surface area contributed by atoms with Gasteiger partial charge in [-0.3, -0.25) is 4.79 Å². The van der Waals surface area contributed by atoms with E-state index in [4.69, 9.17) is 9.47 Å². The number of hydrogen-bond acceptors (Lipinski definition) is 3. The van der Waals surface area contributed by atoms with Crippen LogP contribution in [-0.2, 0) is 13.0 Å². The third-order valence-electron chi connectivity index (χ3n) is 4.03. The van der Waals surface area contributed by atoms with Gasteiger partial charge >= 0.3 is 0 Å². The molecule has 4 nitrogen and oxygen atoms in total. The van der Waals surface area contributed by atoms with Crippen LogP contribution in [0.5, 0.6) is 11.5 Å². The quantitative estimate of drug-likeness (QED) is 0.866. The third-order valence-corrected chi connectivity index (χ3v) is 4.03.